The van der Waals surface area contributed by atoms with E-state index in [1.807, 2.05) is 0 Å². The van der Waals surface area contributed by atoms with Gasteiger partial charge in [-0.2, -0.15) is 5.10 Å². The second kappa shape index (κ2) is 8.84. The Bertz CT molecular complexity index is 662. The maximum Gasteiger partial charge on any atom is 0.243 e. The summed E-state index contributed by atoms with van der Waals surface area (Å²) in [6, 6.07) is 4.32. The van der Waals surface area contributed by atoms with Crippen LogP contribution in [-0.2, 0) is 4.79 Å². The van der Waals surface area contributed by atoms with E-state index < -0.39 is 0 Å². The molecule has 1 aliphatic rings. The highest BCUT2D eigenvalue weighted by molar-refractivity contribution is 6.05. The normalized spacial score (nSPS) is 14.7. The fourth-order valence-electron chi connectivity index (χ4n) is 2.97. The van der Waals surface area contributed by atoms with Gasteiger partial charge in [-0.05, 0) is 42.5 Å². The molecular formula is C21H30N2O2. The van der Waals surface area contributed by atoms with Crippen LogP contribution < -0.4 is 4.74 Å². The van der Waals surface area contributed by atoms with Crippen LogP contribution in [0.3, 0.4) is 0 Å². The number of carbonyl (C=O) groups excluding carboxylic acids is 1. The van der Waals surface area contributed by atoms with Gasteiger partial charge in [-0.15, -0.1) is 6.58 Å². The number of unbranched alkanes of at least 4 members (excludes halogenated alkanes) is 1. The van der Waals surface area contributed by atoms with Gasteiger partial charge in [0.2, 0.25) is 5.91 Å². The summed E-state index contributed by atoms with van der Waals surface area (Å²) in [6.45, 7) is 13.5. The number of amides is 1. The van der Waals surface area contributed by atoms with Crippen molar-refractivity contribution < 1.29 is 9.53 Å². The topological polar surface area (TPSA) is 41.9 Å². The fourth-order valence-corrected chi connectivity index (χ4v) is 2.97. The van der Waals surface area contributed by atoms with Gasteiger partial charge in [0, 0.05) is 18.4 Å². The highest BCUT2D eigenvalue weighted by Crippen LogP contribution is 2.31. The predicted octanol–water partition coefficient (Wildman–Crippen LogP) is 4.81. The Hall–Kier alpha value is -2.10. The first-order valence-corrected chi connectivity index (χ1v) is 9.24. The van der Waals surface area contributed by atoms with E-state index in [1.165, 1.54) is 10.6 Å². The molecule has 1 aromatic carbocycles. The Morgan fingerprint density at radius 1 is 1.36 bits per heavy atom. The number of hydrazone groups is 1. The molecule has 4 heteroatoms. The van der Waals surface area contributed by atoms with E-state index in [4.69, 9.17) is 4.74 Å². The Morgan fingerprint density at radius 3 is 2.76 bits per heavy atom. The van der Waals surface area contributed by atoms with E-state index in [0.29, 0.717) is 25.3 Å². The lowest BCUT2D eigenvalue weighted by atomic mass is 9.92. The molecule has 0 spiro atoms. The monoisotopic (exact) mass is 342 g/mol. The summed E-state index contributed by atoms with van der Waals surface area (Å²) in [7, 11) is 0. The zero-order valence-corrected chi connectivity index (χ0v) is 16.0. The van der Waals surface area contributed by atoms with Crippen molar-refractivity contribution in [2.45, 2.75) is 59.3 Å². The molecule has 25 heavy (non-hydrogen) atoms. The number of ether oxygens (including phenoxy) is 1. The number of hydrogen-bond donors (Lipinski definition) is 0. The van der Waals surface area contributed by atoms with Crippen LogP contribution in [0, 0.1) is 6.92 Å². The van der Waals surface area contributed by atoms with Crippen LogP contribution in [0.5, 0.6) is 5.75 Å². The summed E-state index contributed by atoms with van der Waals surface area (Å²) in [6.07, 6.45) is 5.07. The van der Waals surface area contributed by atoms with Crippen LogP contribution in [-0.4, -0.2) is 29.8 Å². The minimum atomic E-state index is 0.0601. The minimum Gasteiger partial charge on any atom is -0.493 e. The average molecular weight is 342 g/mol. The first kappa shape index (κ1) is 19.2. The third kappa shape index (κ3) is 4.71. The van der Waals surface area contributed by atoms with E-state index in [-0.39, 0.29) is 5.91 Å². The number of carbonyl (C=O) groups is 1. The number of aryl methyl sites for hydroxylation is 1. The lowest BCUT2D eigenvalue weighted by Crippen LogP contribution is -2.32. The summed E-state index contributed by atoms with van der Waals surface area (Å²) >= 11 is 0. The Balaban J connectivity index is 2.37. The smallest absolute Gasteiger partial charge is 0.243 e. The number of hydrogen-bond acceptors (Lipinski definition) is 3. The van der Waals surface area contributed by atoms with Gasteiger partial charge >= 0.3 is 0 Å². The third-order valence-electron chi connectivity index (χ3n) is 4.45. The standard InChI is InChI=1S/C21H30N2O2/c1-6-8-12-25-20-13-16(5)18(14-17(20)15(3)4)19-9-10-21(24)23(22-19)11-7-2/h7,13-15H,2,6,8-12H2,1,3-5H3. The predicted molar refractivity (Wildman–Crippen MR) is 103 cm³/mol. The Labute approximate surface area is 151 Å². The van der Waals surface area contributed by atoms with Gasteiger partial charge < -0.3 is 4.74 Å². The molecular weight excluding hydrogens is 312 g/mol. The molecule has 0 aliphatic carbocycles. The van der Waals surface area contributed by atoms with Crippen molar-refractivity contribution in [3.63, 3.8) is 0 Å². The van der Waals surface area contributed by atoms with Gasteiger partial charge in [0.15, 0.2) is 0 Å². The van der Waals surface area contributed by atoms with Gasteiger partial charge in [0.25, 0.3) is 0 Å². The van der Waals surface area contributed by atoms with Gasteiger partial charge in [-0.25, -0.2) is 5.01 Å². The third-order valence-corrected chi connectivity index (χ3v) is 4.45. The molecule has 0 N–H and O–H groups in total. The molecule has 4 nitrogen and oxygen atoms in total. The molecule has 136 valence electrons. The summed E-state index contributed by atoms with van der Waals surface area (Å²) < 4.78 is 6.02. The minimum absolute atomic E-state index is 0.0601. The first-order valence-electron chi connectivity index (χ1n) is 9.24. The van der Waals surface area contributed by atoms with Crippen LogP contribution in [0.4, 0.5) is 0 Å². The molecule has 1 aliphatic heterocycles. The van der Waals surface area contributed by atoms with Crippen LogP contribution in [0.2, 0.25) is 0 Å². The molecule has 0 atom stereocenters. The second-order valence-corrected chi connectivity index (χ2v) is 6.87. The van der Waals surface area contributed by atoms with Crippen molar-refractivity contribution in [3.8, 4) is 5.75 Å². The summed E-state index contributed by atoms with van der Waals surface area (Å²) in [4.78, 5) is 12.0. The lowest BCUT2D eigenvalue weighted by Gasteiger charge is -2.24. The second-order valence-electron chi connectivity index (χ2n) is 6.87. The Morgan fingerprint density at radius 2 is 2.12 bits per heavy atom. The summed E-state index contributed by atoms with van der Waals surface area (Å²) in [5.74, 6) is 1.40. The molecule has 0 saturated carbocycles. The summed E-state index contributed by atoms with van der Waals surface area (Å²) in [5.41, 5.74) is 4.43. The van der Waals surface area contributed by atoms with E-state index in [9.17, 15) is 4.79 Å². The number of rotatable bonds is 8. The lowest BCUT2D eigenvalue weighted by molar-refractivity contribution is -0.131. The van der Waals surface area contributed by atoms with Gasteiger partial charge in [-0.1, -0.05) is 33.3 Å². The molecule has 1 amide bonds. The highest BCUT2D eigenvalue weighted by atomic mass is 16.5. The van der Waals surface area contributed by atoms with Gasteiger partial charge in [0.1, 0.15) is 5.75 Å². The van der Waals surface area contributed by atoms with Crippen LogP contribution in [0.1, 0.15) is 69.1 Å². The van der Waals surface area contributed by atoms with Crippen molar-refractivity contribution in [1.29, 1.82) is 0 Å². The molecule has 1 heterocycles. The molecule has 1 aromatic rings. The average Bonchev–Trinajstić information content (AvgIpc) is 2.57. The number of benzene rings is 1. The van der Waals surface area contributed by atoms with Gasteiger partial charge in [0.05, 0.1) is 18.9 Å². The fraction of sp³-hybridized carbons (Fsp3) is 0.524. The SMILES string of the molecule is C=CCN1N=C(c2cc(C(C)C)c(OCCCC)cc2C)CCC1=O. The zero-order valence-electron chi connectivity index (χ0n) is 16.0. The van der Waals surface area contributed by atoms with E-state index in [0.717, 1.165) is 42.0 Å². The zero-order chi connectivity index (χ0) is 18.4. The maximum absolute atomic E-state index is 12.0. The van der Waals surface area contributed by atoms with Crippen molar-refractivity contribution in [2.24, 2.45) is 5.10 Å². The molecule has 0 fully saturated rings. The molecule has 0 unspecified atom stereocenters. The van der Waals surface area contributed by atoms with Crippen LogP contribution in [0.15, 0.2) is 29.9 Å². The van der Waals surface area contributed by atoms with Crippen molar-refractivity contribution in [2.75, 3.05) is 13.2 Å². The van der Waals surface area contributed by atoms with Gasteiger partial charge in [-0.3, -0.25) is 4.79 Å². The van der Waals surface area contributed by atoms with Crippen molar-refractivity contribution in [1.82, 2.24) is 5.01 Å². The molecule has 0 radical (unpaired) electrons. The first-order chi connectivity index (χ1) is 12.0. The van der Waals surface area contributed by atoms with E-state index in [2.05, 4.69) is 51.5 Å². The molecule has 2 rings (SSSR count). The van der Waals surface area contributed by atoms with E-state index in [1.54, 1.807) is 6.08 Å². The van der Waals surface area contributed by atoms with Crippen LogP contribution in [0.25, 0.3) is 0 Å². The molecule has 0 bridgehead atoms. The van der Waals surface area contributed by atoms with Crippen molar-refractivity contribution in [3.05, 3.63) is 41.5 Å². The molecule has 0 aromatic heterocycles. The van der Waals surface area contributed by atoms with Crippen molar-refractivity contribution >= 4 is 11.6 Å². The Kier molecular flexibility index (Phi) is 6.80. The summed E-state index contributed by atoms with van der Waals surface area (Å²) in [5, 5.41) is 6.10. The largest absolute Gasteiger partial charge is 0.493 e. The molecule has 0 saturated heterocycles. The highest BCUT2D eigenvalue weighted by Gasteiger charge is 2.22. The van der Waals surface area contributed by atoms with E-state index >= 15 is 0 Å². The maximum atomic E-state index is 12.0. The quantitative estimate of drug-likeness (QED) is 0.502. The van der Waals surface area contributed by atoms with Crippen LogP contribution >= 0.6 is 0 Å². The number of nitrogens with zero attached hydrogens (tertiary/aromatic N) is 2.